The van der Waals surface area contributed by atoms with Gasteiger partial charge in [-0.2, -0.15) is 0 Å². The standard InChI is InChI=1S/C12H14F2O2/c1-2-16-11-9(13)5-4-8(10(11)14)12(15)6-3-7-12/h4-5,15H,2-3,6-7H2,1H3. The minimum atomic E-state index is -1.14. The molecule has 0 aliphatic heterocycles. The molecule has 1 aromatic carbocycles. The van der Waals surface area contributed by atoms with E-state index in [1.165, 1.54) is 6.07 Å². The lowest BCUT2D eigenvalue weighted by molar-refractivity contribution is -0.0420. The zero-order valence-electron chi connectivity index (χ0n) is 9.09. The second-order valence-electron chi connectivity index (χ2n) is 4.06. The van der Waals surface area contributed by atoms with Crippen molar-refractivity contribution in [1.29, 1.82) is 0 Å². The van der Waals surface area contributed by atoms with Gasteiger partial charge in [-0.05, 0) is 32.3 Å². The lowest BCUT2D eigenvalue weighted by atomic mass is 9.75. The zero-order valence-corrected chi connectivity index (χ0v) is 9.09. The van der Waals surface area contributed by atoms with Crippen molar-refractivity contribution in [3.05, 3.63) is 29.3 Å². The van der Waals surface area contributed by atoms with E-state index in [9.17, 15) is 13.9 Å². The molecule has 1 saturated carbocycles. The van der Waals surface area contributed by atoms with Gasteiger partial charge in [0.15, 0.2) is 17.4 Å². The summed E-state index contributed by atoms with van der Waals surface area (Å²) < 4.78 is 32.1. The first-order valence-corrected chi connectivity index (χ1v) is 5.42. The molecule has 0 radical (unpaired) electrons. The molecule has 0 amide bonds. The zero-order chi connectivity index (χ0) is 11.8. The topological polar surface area (TPSA) is 29.5 Å². The Kier molecular flexibility index (Phi) is 2.84. The van der Waals surface area contributed by atoms with E-state index < -0.39 is 17.2 Å². The highest BCUT2D eigenvalue weighted by Crippen LogP contribution is 2.44. The van der Waals surface area contributed by atoms with Gasteiger partial charge < -0.3 is 9.84 Å². The molecule has 2 rings (SSSR count). The van der Waals surface area contributed by atoms with Crippen molar-refractivity contribution in [3.63, 3.8) is 0 Å². The minimum Gasteiger partial charge on any atom is -0.488 e. The summed E-state index contributed by atoms with van der Waals surface area (Å²) in [4.78, 5) is 0. The molecule has 0 aromatic heterocycles. The fraction of sp³-hybridized carbons (Fsp3) is 0.500. The van der Waals surface area contributed by atoms with E-state index >= 15 is 0 Å². The monoisotopic (exact) mass is 228 g/mol. The molecule has 88 valence electrons. The summed E-state index contributed by atoms with van der Waals surface area (Å²) in [7, 11) is 0. The Morgan fingerprint density at radius 1 is 1.38 bits per heavy atom. The Morgan fingerprint density at radius 3 is 2.56 bits per heavy atom. The number of aliphatic hydroxyl groups is 1. The van der Waals surface area contributed by atoms with Crippen molar-refractivity contribution < 1.29 is 18.6 Å². The molecule has 1 fully saturated rings. The van der Waals surface area contributed by atoms with Crippen LogP contribution in [0.4, 0.5) is 8.78 Å². The molecule has 2 nitrogen and oxygen atoms in total. The van der Waals surface area contributed by atoms with Gasteiger partial charge in [0.25, 0.3) is 0 Å². The molecule has 1 aliphatic carbocycles. The molecule has 0 heterocycles. The van der Waals surface area contributed by atoms with Gasteiger partial charge in [0, 0.05) is 5.56 Å². The highest BCUT2D eigenvalue weighted by atomic mass is 19.1. The van der Waals surface area contributed by atoms with E-state index in [4.69, 9.17) is 4.74 Å². The normalized spacial score (nSPS) is 18.0. The van der Waals surface area contributed by atoms with Crippen LogP contribution in [0.25, 0.3) is 0 Å². The highest BCUT2D eigenvalue weighted by Gasteiger charge is 2.39. The van der Waals surface area contributed by atoms with E-state index in [-0.39, 0.29) is 17.9 Å². The molecule has 4 heteroatoms. The molecule has 1 aromatic rings. The Morgan fingerprint density at radius 2 is 2.06 bits per heavy atom. The van der Waals surface area contributed by atoms with Gasteiger partial charge in [-0.15, -0.1) is 0 Å². The largest absolute Gasteiger partial charge is 0.488 e. The van der Waals surface area contributed by atoms with E-state index in [1.807, 2.05) is 0 Å². The summed E-state index contributed by atoms with van der Waals surface area (Å²) in [6.45, 7) is 1.85. The average Bonchev–Trinajstić information content (AvgIpc) is 2.21. The number of rotatable bonds is 3. The fourth-order valence-corrected chi connectivity index (χ4v) is 1.95. The van der Waals surface area contributed by atoms with Gasteiger partial charge in [-0.1, -0.05) is 6.07 Å². The molecule has 1 N–H and O–H groups in total. The van der Waals surface area contributed by atoms with E-state index in [0.29, 0.717) is 12.8 Å². The second-order valence-corrected chi connectivity index (χ2v) is 4.06. The van der Waals surface area contributed by atoms with Crippen LogP contribution in [0.1, 0.15) is 31.7 Å². The number of ether oxygens (including phenoxy) is 1. The molecule has 0 atom stereocenters. The molecule has 16 heavy (non-hydrogen) atoms. The summed E-state index contributed by atoms with van der Waals surface area (Å²) >= 11 is 0. The SMILES string of the molecule is CCOc1c(F)ccc(C2(O)CCC2)c1F. The van der Waals surface area contributed by atoms with Crippen LogP contribution < -0.4 is 4.74 Å². The first-order valence-electron chi connectivity index (χ1n) is 5.42. The Bertz CT molecular complexity index is 400. The minimum absolute atomic E-state index is 0.142. The summed E-state index contributed by atoms with van der Waals surface area (Å²) in [6, 6.07) is 2.44. The van der Waals surface area contributed by atoms with Crippen LogP contribution in [0.2, 0.25) is 0 Å². The van der Waals surface area contributed by atoms with Crippen LogP contribution in [-0.2, 0) is 5.60 Å². The number of benzene rings is 1. The van der Waals surface area contributed by atoms with Crippen molar-refractivity contribution in [1.82, 2.24) is 0 Å². The van der Waals surface area contributed by atoms with Crippen LogP contribution in [-0.4, -0.2) is 11.7 Å². The van der Waals surface area contributed by atoms with Crippen molar-refractivity contribution in [3.8, 4) is 5.75 Å². The summed E-state index contributed by atoms with van der Waals surface area (Å²) in [6.07, 6.45) is 1.89. The third kappa shape index (κ3) is 1.67. The van der Waals surface area contributed by atoms with Crippen LogP contribution >= 0.6 is 0 Å². The Labute approximate surface area is 92.9 Å². The Balaban J connectivity index is 2.43. The van der Waals surface area contributed by atoms with Crippen LogP contribution in [0.5, 0.6) is 5.75 Å². The lowest BCUT2D eigenvalue weighted by Crippen LogP contribution is -2.34. The first kappa shape index (κ1) is 11.3. The maximum atomic E-state index is 13.9. The number of hydrogen-bond acceptors (Lipinski definition) is 2. The summed E-state index contributed by atoms with van der Waals surface area (Å²) in [5.41, 5.74) is -0.993. The molecule has 1 aliphatic rings. The predicted molar refractivity (Wildman–Crippen MR) is 55.3 cm³/mol. The van der Waals surface area contributed by atoms with Gasteiger partial charge in [0.2, 0.25) is 0 Å². The molecular formula is C12H14F2O2. The van der Waals surface area contributed by atoms with Gasteiger partial charge in [0.1, 0.15) is 0 Å². The molecule has 0 bridgehead atoms. The number of halogens is 2. The number of hydrogen-bond donors (Lipinski definition) is 1. The van der Waals surface area contributed by atoms with E-state index in [0.717, 1.165) is 12.5 Å². The van der Waals surface area contributed by atoms with Gasteiger partial charge in [-0.3, -0.25) is 0 Å². The first-order chi connectivity index (χ1) is 7.58. The molecule has 0 saturated heterocycles. The highest BCUT2D eigenvalue weighted by molar-refractivity contribution is 5.37. The second kappa shape index (κ2) is 4.01. The van der Waals surface area contributed by atoms with Crippen molar-refractivity contribution >= 4 is 0 Å². The lowest BCUT2D eigenvalue weighted by Gasteiger charge is -2.37. The van der Waals surface area contributed by atoms with Crippen LogP contribution in [0, 0.1) is 11.6 Å². The third-order valence-electron chi connectivity index (χ3n) is 3.02. The molecule has 0 spiro atoms. The van der Waals surface area contributed by atoms with Crippen LogP contribution in [0.15, 0.2) is 12.1 Å². The summed E-state index contributed by atoms with van der Waals surface area (Å²) in [5, 5.41) is 10.0. The Hall–Kier alpha value is -1.16. The maximum absolute atomic E-state index is 13.9. The third-order valence-corrected chi connectivity index (χ3v) is 3.02. The van der Waals surface area contributed by atoms with E-state index in [2.05, 4.69) is 0 Å². The van der Waals surface area contributed by atoms with Crippen LogP contribution in [0.3, 0.4) is 0 Å². The van der Waals surface area contributed by atoms with E-state index in [1.54, 1.807) is 6.92 Å². The molecular weight excluding hydrogens is 214 g/mol. The van der Waals surface area contributed by atoms with Gasteiger partial charge in [-0.25, -0.2) is 8.78 Å². The average molecular weight is 228 g/mol. The van der Waals surface area contributed by atoms with Crippen molar-refractivity contribution in [2.75, 3.05) is 6.61 Å². The van der Waals surface area contributed by atoms with Crippen molar-refractivity contribution in [2.24, 2.45) is 0 Å². The van der Waals surface area contributed by atoms with Crippen molar-refractivity contribution in [2.45, 2.75) is 31.8 Å². The maximum Gasteiger partial charge on any atom is 0.191 e. The van der Waals surface area contributed by atoms with Gasteiger partial charge >= 0.3 is 0 Å². The quantitative estimate of drug-likeness (QED) is 0.861. The molecule has 0 unspecified atom stereocenters. The fourth-order valence-electron chi connectivity index (χ4n) is 1.95. The summed E-state index contributed by atoms with van der Waals surface area (Å²) in [5.74, 6) is -1.89. The van der Waals surface area contributed by atoms with Gasteiger partial charge in [0.05, 0.1) is 12.2 Å². The smallest absolute Gasteiger partial charge is 0.191 e. The predicted octanol–water partition coefficient (Wildman–Crippen LogP) is 2.74.